The first-order valence-electron chi connectivity index (χ1n) is 4.14. The smallest absolute Gasteiger partial charge is 0.331 e. The molecule has 0 bridgehead atoms. The maximum atomic E-state index is 10.9. The first-order valence-corrected chi connectivity index (χ1v) is 4.14. The van der Waals surface area contributed by atoms with Gasteiger partial charge in [0.2, 0.25) is 0 Å². The van der Waals surface area contributed by atoms with Gasteiger partial charge in [0.25, 0.3) is 0 Å². The summed E-state index contributed by atoms with van der Waals surface area (Å²) in [5, 5.41) is 0. The molecule has 0 aromatic carbocycles. The molecule has 0 unspecified atom stereocenters. The topological polar surface area (TPSA) is 26.3 Å². The van der Waals surface area contributed by atoms with Gasteiger partial charge in [0.1, 0.15) is 5.60 Å². The van der Waals surface area contributed by atoms with Gasteiger partial charge in [0, 0.05) is 12.5 Å². The predicted molar refractivity (Wildman–Crippen MR) is 47.7 cm³/mol. The summed E-state index contributed by atoms with van der Waals surface area (Å²) in [6.07, 6.45) is 4.87. The summed E-state index contributed by atoms with van der Waals surface area (Å²) in [6, 6.07) is 0. The van der Waals surface area contributed by atoms with Crippen LogP contribution in [0.15, 0.2) is 24.3 Å². The van der Waals surface area contributed by atoms with Crippen molar-refractivity contribution in [1.29, 1.82) is 0 Å². The number of ether oxygens (including phenoxy) is 1. The van der Waals surface area contributed by atoms with E-state index in [1.165, 1.54) is 6.08 Å². The molecule has 1 aliphatic rings. The molecule has 0 aromatic heterocycles. The molecule has 12 heavy (non-hydrogen) atoms. The third-order valence-electron chi connectivity index (χ3n) is 2.03. The molecule has 1 atom stereocenters. The summed E-state index contributed by atoms with van der Waals surface area (Å²) in [6.45, 7) is 7.76. The highest BCUT2D eigenvalue weighted by Gasteiger charge is 2.33. The van der Waals surface area contributed by atoms with Gasteiger partial charge < -0.3 is 4.74 Å². The van der Waals surface area contributed by atoms with Crippen molar-refractivity contribution in [3.05, 3.63) is 24.3 Å². The fraction of sp³-hybridized carbons (Fsp3) is 0.500. The molecule has 0 amide bonds. The Kier molecular flexibility index (Phi) is 2.36. The van der Waals surface area contributed by atoms with Crippen molar-refractivity contribution < 1.29 is 9.53 Å². The highest BCUT2D eigenvalue weighted by atomic mass is 16.6. The van der Waals surface area contributed by atoms with Gasteiger partial charge in [-0.3, -0.25) is 0 Å². The molecule has 0 radical (unpaired) electrons. The maximum Gasteiger partial charge on any atom is 0.331 e. The third-order valence-corrected chi connectivity index (χ3v) is 2.03. The normalized spacial score (nSPS) is 27.3. The van der Waals surface area contributed by atoms with Crippen molar-refractivity contribution in [2.75, 3.05) is 0 Å². The van der Waals surface area contributed by atoms with Crippen molar-refractivity contribution in [1.82, 2.24) is 0 Å². The van der Waals surface area contributed by atoms with Gasteiger partial charge in [-0.2, -0.15) is 0 Å². The first-order chi connectivity index (χ1) is 5.58. The Morgan fingerprint density at radius 1 is 1.75 bits per heavy atom. The highest BCUT2D eigenvalue weighted by molar-refractivity contribution is 5.85. The number of hydrogen-bond acceptors (Lipinski definition) is 2. The van der Waals surface area contributed by atoms with Crippen LogP contribution in [0.3, 0.4) is 0 Å². The zero-order chi connectivity index (χ0) is 9.19. The molecule has 0 saturated carbocycles. The van der Waals surface area contributed by atoms with Crippen LogP contribution >= 0.6 is 0 Å². The van der Waals surface area contributed by atoms with Crippen LogP contribution in [-0.4, -0.2) is 11.6 Å². The average Bonchev–Trinajstić information content (AvgIpc) is 2.32. The van der Waals surface area contributed by atoms with Crippen molar-refractivity contribution >= 4 is 5.97 Å². The van der Waals surface area contributed by atoms with Crippen molar-refractivity contribution in [3.63, 3.8) is 0 Å². The van der Waals surface area contributed by atoms with E-state index in [2.05, 4.69) is 6.58 Å². The van der Waals surface area contributed by atoms with Gasteiger partial charge in [0.05, 0.1) is 0 Å². The van der Waals surface area contributed by atoms with Gasteiger partial charge in [-0.25, -0.2) is 4.79 Å². The quantitative estimate of drug-likeness (QED) is 0.474. The molecular formula is C10H14O2. The Hall–Kier alpha value is -1.05. The van der Waals surface area contributed by atoms with Crippen LogP contribution in [0, 0.1) is 0 Å². The molecule has 2 heteroatoms. The minimum absolute atomic E-state index is 0.238. The van der Waals surface area contributed by atoms with Gasteiger partial charge in [-0.1, -0.05) is 19.1 Å². The van der Waals surface area contributed by atoms with Crippen LogP contribution in [0.5, 0.6) is 0 Å². The Bertz CT molecular complexity index is 240. The number of carbonyl (C=O) groups is 1. The van der Waals surface area contributed by atoms with Crippen molar-refractivity contribution in [2.24, 2.45) is 0 Å². The first kappa shape index (κ1) is 9.04. The van der Waals surface area contributed by atoms with E-state index in [0.717, 1.165) is 18.4 Å². The summed E-state index contributed by atoms with van der Waals surface area (Å²) in [4.78, 5) is 10.9. The summed E-state index contributed by atoms with van der Waals surface area (Å²) in [5.74, 6) is -0.238. The minimum atomic E-state index is -0.400. The fourth-order valence-electron chi connectivity index (χ4n) is 1.41. The van der Waals surface area contributed by atoms with E-state index in [0.29, 0.717) is 0 Å². The van der Waals surface area contributed by atoms with E-state index < -0.39 is 5.60 Å². The van der Waals surface area contributed by atoms with Crippen LogP contribution in [0.1, 0.15) is 26.7 Å². The zero-order valence-electron chi connectivity index (χ0n) is 7.59. The number of esters is 1. The van der Waals surface area contributed by atoms with Gasteiger partial charge in [-0.05, 0) is 19.4 Å². The predicted octanol–water partition coefficient (Wildman–Crippen LogP) is 2.21. The summed E-state index contributed by atoms with van der Waals surface area (Å²) < 4.78 is 5.20. The molecule has 0 aliphatic carbocycles. The van der Waals surface area contributed by atoms with E-state index in [1.54, 1.807) is 0 Å². The molecule has 2 nitrogen and oxygen atoms in total. The van der Waals surface area contributed by atoms with Crippen LogP contribution in [0.2, 0.25) is 0 Å². The summed E-state index contributed by atoms with van der Waals surface area (Å²) in [7, 11) is 0. The van der Waals surface area contributed by atoms with Crippen LogP contribution < -0.4 is 0 Å². The second kappa shape index (κ2) is 3.13. The number of carbonyl (C=O) groups excluding carboxylic acids is 1. The van der Waals surface area contributed by atoms with E-state index in [4.69, 9.17) is 4.74 Å². The van der Waals surface area contributed by atoms with Gasteiger partial charge in [-0.15, -0.1) is 0 Å². The van der Waals surface area contributed by atoms with E-state index >= 15 is 0 Å². The highest BCUT2D eigenvalue weighted by Crippen LogP contribution is 2.29. The lowest BCUT2D eigenvalue weighted by Crippen LogP contribution is -2.27. The molecule has 0 spiro atoms. The summed E-state index contributed by atoms with van der Waals surface area (Å²) in [5.41, 5.74) is 0.638. The number of cyclic esters (lactones) is 1. The van der Waals surface area contributed by atoms with E-state index in [9.17, 15) is 4.79 Å². The van der Waals surface area contributed by atoms with Crippen molar-refractivity contribution in [3.8, 4) is 0 Å². The Balaban J connectivity index is 2.72. The largest absolute Gasteiger partial charge is 0.451 e. The monoisotopic (exact) mass is 166 g/mol. The molecule has 1 heterocycles. The Morgan fingerprint density at radius 2 is 2.42 bits per heavy atom. The SMILES string of the molecule is C=C(C)C[C@]1(CC)C=CC(=O)O1. The lowest BCUT2D eigenvalue weighted by molar-refractivity contribution is -0.145. The Labute approximate surface area is 72.9 Å². The van der Waals surface area contributed by atoms with Crippen LogP contribution in [-0.2, 0) is 9.53 Å². The molecule has 0 saturated heterocycles. The number of rotatable bonds is 3. The Morgan fingerprint density at radius 3 is 2.75 bits per heavy atom. The molecule has 0 fully saturated rings. The molecule has 66 valence electrons. The molecule has 0 N–H and O–H groups in total. The van der Waals surface area contributed by atoms with E-state index in [1.807, 2.05) is 19.9 Å². The molecule has 1 rings (SSSR count). The van der Waals surface area contributed by atoms with Gasteiger partial charge >= 0.3 is 5.97 Å². The van der Waals surface area contributed by atoms with Crippen LogP contribution in [0.4, 0.5) is 0 Å². The molecule has 0 aromatic rings. The standard InChI is InChI=1S/C10H14O2/c1-4-10(7-8(2)3)6-5-9(11)12-10/h5-6H,2,4,7H2,1,3H3/t10-/m0/s1. The minimum Gasteiger partial charge on any atom is -0.451 e. The van der Waals surface area contributed by atoms with E-state index in [-0.39, 0.29) is 5.97 Å². The maximum absolute atomic E-state index is 10.9. The second-order valence-electron chi connectivity index (χ2n) is 3.31. The van der Waals surface area contributed by atoms with Crippen molar-refractivity contribution in [2.45, 2.75) is 32.3 Å². The lowest BCUT2D eigenvalue weighted by Gasteiger charge is -2.24. The molecular weight excluding hydrogens is 152 g/mol. The zero-order valence-corrected chi connectivity index (χ0v) is 7.59. The number of hydrogen-bond donors (Lipinski definition) is 0. The average molecular weight is 166 g/mol. The second-order valence-corrected chi connectivity index (χ2v) is 3.31. The van der Waals surface area contributed by atoms with Gasteiger partial charge in [0.15, 0.2) is 0 Å². The fourth-order valence-corrected chi connectivity index (χ4v) is 1.41. The lowest BCUT2D eigenvalue weighted by atomic mass is 9.93. The van der Waals surface area contributed by atoms with Crippen LogP contribution in [0.25, 0.3) is 0 Å². The summed E-state index contributed by atoms with van der Waals surface area (Å²) >= 11 is 0. The molecule has 1 aliphatic heterocycles. The third kappa shape index (κ3) is 1.76.